The number of pyridine rings is 1. The second kappa shape index (κ2) is 12.0. The van der Waals surface area contributed by atoms with E-state index in [9.17, 15) is 9.59 Å². The van der Waals surface area contributed by atoms with Gasteiger partial charge >= 0.3 is 0 Å². The number of nitrogen functional groups attached to an aromatic ring is 1. The second-order valence-electron chi connectivity index (χ2n) is 10.5. The third-order valence-electron chi connectivity index (χ3n) is 7.65. The number of amides is 1. The Bertz CT molecular complexity index is 2090. The van der Waals surface area contributed by atoms with Crippen LogP contribution in [-0.2, 0) is 0 Å². The summed E-state index contributed by atoms with van der Waals surface area (Å²) < 4.78 is 13.8. The van der Waals surface area contributed by atoms with Crippen LogP contribution >= 0.6 is 0 Å². The Morgan fingerprint density at radius 1 is 0.911 bits per heavy atom. The van der Waals surface area contributed by atoms with E-state index < -0.39 is 11.5 Å². The molecule has 0 saturated heterocycles. The third kappa shape index (κ3) is 5.58. The van der Waals surface area contributed by atoms with Gasteiger partial charge < -0.3 is 25.1 Å². The molecule has 0 spiro atoms. The first-order valence-electron chi connectivity index (χ1n) is 14.2. The lowest BCUT2D eigenvalue weighted by molar-refractivity contribution is 0.102. The highest BCUT2D eigenvalue weighted by Crippen LogP contribution is 2.35. The molecule has 11 heteroatoms. The maximum Gasteiger partial charge on any atom is 0.288 e. The normalized spacial score (nSPS) is 11.7. The number of aromatic nitrogens is 5. The van der Waals surface area contributed by atoms with E-state index in [2.05, 4.69) is 20.4 Å². The van der Waals surface area contributed by atoms with Crippen molar-refractivity contribution in [3.63, 3.8) is 0 Å². The van der Waals surface area contributed by atoms with Crippen molar-refractivity contribution in [2.45, 2.75) is 19.9 Å². The number of hydrogen-bond acceptors (Lipinski definition) is 8. The Labute approximate surface area is 258 Å². The lowest BCUT2D eigenvalue weighted by Crippen LogP contribution is -2.30. The molecule has 3 heterocycles. The fourth-order valence-electron chi connectivity index (χ4n) is 5.22. The zero-order valence-electron chi connectivity index (χ0n) is 25.2. The van der Waals surface area contributed by atoms with Gasteiger partial charge in [0, 0.05) is 29.2 Å². The van der Waals surface area contributed by atoms with Gasteiger partial charge in [-0.2, -0.15) is 9.50 Å². The lowest BCUT2D eigenvalue weighted by Gasteiger charge is -2.18. The quantitative estimate of drug-likeness (QED) is 0.237. The van der Waals surface area contributed by atoms with E-state index >= 15 is 0 Å². The molecule has 0 aliphatic rings. The number of aryl methyl sites for hydroxylation is 1. The number of anilines is 2. The maximum atomic E-state index is 13.5. The summed E-state index contributed by atoms with van der Waals surface area (Å²) in [7, 11) is 3.18. The maximum absolute atomic E-state index is 13.5. The van der Waals surface area contributed by atoms with Crippen molar-refractivity contribution in [1.29, 1.82) is 0 Å². The Kier molecular flexibility index (Phi) is 7.74. The number of rotatable bonds is 8. The molecular weight excluding hydrogens is 570 g/mol. The van der Waals surface area contributed by atoms with Crippen LogP contribution in [0.4, 0.5) is 11.5 Å². The van der Waals surface area contributed by atoms with Gasteiger partial charge in [0.2, 0.25) is 5.78 Å². The molecule has 0 bridgehead atoms. The van der Waals surface area contributed by atoms with Gasteiger partial charge in [-0.1, -0.05) is 48.5 Å². The summed E-state index contributed by atoms with van der Waals surface area (Å²) in [6.07, 6.45) is 3.24. The van der Waals surface area contributed by atoms with Crippen molar-refractivity contribution in [3.05, 3.63) is 119 Å². The van der Waals surface area contributed by atoms with Crippen molar-refractivity contribution in [3.8, 4) is 33.8 Å². The van der Waals surface area contributed by atoms with Crippen LogP contribution in [-0.4, -0.2) is 44.3 Å². The highest BCUT2D eigenvalue weighted by Gasteiger charge is 2.21. The van der Waals surface area contributed by atoms with Gasteiger partial charge in [-0.25, -0.2) is 4.98 Å². The number of nitrogens with two attached hydrogens (primary N) is 1. The number of hydrogen-bond donors (Lipinski definition) is 2. The summed E-state index contributed by atoms with van der Waals surface area (Å²) in [4.78, 5) is 35.7. The molecule has 0 radical (unpaired) electrons. The van der Waals surface area contributed by atoms with Crippen molar-refractivity contribution < 1.29 is 14.3 Å². The first-order valence-corrected chi connectivity index (χ1v) is 14.2. The summed E-state index contributed by atoms with van der Waals surface area (Å²) >= 11 is 0. The summed E-state index contributed by atoms with van der Waals surface area (Å²) in [5, 5.41) is 7.11. The average molecular weight is 602 g/mol. The molecule has 0 aliphatic carbocycles. The minimum atomic E-state index is -0.562. The molecule has 3 aromatic heterocycles. The van der Waals surface area contributed by atoms with Crippen LogP contribution in [0.2, 0.25) is 0 Å². The molecule has 0 aliphatic heterocycles. The first kappa shape index (κ1) is 29.1. The summed E-state index contributed by atoms with van der Waals surface area (Å²) in [6.45, 7) is 3.68. The van der Waals surface area contributed by atoms with Crippen LogP contribution in [0, 0.1) is 6.92 Å². The van der Waals surface area contributed by atoms with Gasteiger partial charge in [-0.05, 0) is 60.9 Å². The van der Waals surface area contributed by atoms with Gasteiger partial charge in [0.15, 0.2) is 11.5 Å². The van der Waals surface area contributed by atoms with Gasteiger partial charge in [0.25, 0.3) is 11.5 Å². The van der Waals surface area contributed by atoms with E-state index in [1.165, 1.54) is 4.52 Å². The number of carbonyl (C=O) groups excluding carboxylic acids is 1. The van der Waals surface area contributed by atoms with Crippen LogP contribution < -0.4 is 26.1 Å². The number of nitrogens with one attached hydrogen (secondary N) is 1. The zero-order valence-corrected chi connectivity index (χ0v) is 25.2. The third-order valence-corrected chi connectivity index (χ3v) is 7.65. The molecule has 11 nitrogen and oxygen atoms in total. The van der Waals surface area contributed by atoms with Gasteiger partial charge in [-0.3, -0.25) is 9.59 Å². The second-order valence-corrected chi connectivity index (χ2v) is 10.5. The molecule has 1 atom stereocenters. The summed E-state index contributed by atoms with van der Waals surface area (Å²) in [5.74, 6) is 1.82. The Balaban J connectivity index is 1.29. The first-order chi connectivity index (χ1) is 21.8. The predicted octanol–water partition coefficient (Wildman–Crippen LogP) is 5.39. The minimum absolute atomic E-state index is 0.0599. The monoisotopic (exact) mass is 601 g/mol. The van der Waals surface area contributed by atoms with E-state index in [-0.39, 0.29) is 11.6 Å². The average Bonchev–Trinajstić information content (AvgIpc) is 3.47. The SMILES string of the molecule is COc1ccc(-c2cnc(N)c(-c3ccc(NC(=O)c4cn(C(C)c5ccccc5)c5nc(C)nn5c4=O)cc3)c2)cc1OC. The highest BCUT2D eigenvalue weighted by atomic mass is 16.5. The molecule has 1 unspecified atom stereocenters. The fraction of sp³-hybridized carbons (Fsp3) is 0.147. The molecule has 3 aromatic carbocycles. The van der Waals surface area contributed by atoms with Crippen LogP contribution in [0.25, 0.3) is 28.0 Å². The standard InChI is InChI=1S/C34H31N7O4/c1-20(22-8-6-5-7-9-22)40-19-28(33(43)41-34(40)37-21(2)39-41)32(42)38-26-13-10-23(11-14-26)27-16-25(18-36-31(27)35)24-12-15-29(44-3)30(17-24)45-4/h5-20H,1-4H3,(H2,35,36)(H,38,42). The topological polar surface area (TPSA) is 139 Å². The van der Waals surface area contributed by atoms with Gasteiger partial charge in [0.05, 0.1) is 20.3 Å². The molecule has 6 aromatic rings. The largest absolute Gasteiger partial charge is 0.493 e. The molecule has 45 heavy (non-hydrogen) atoms. The van der Waals surface area contributed by atoms with E-state index in [1.807, 2.05) is 73.7 Å². The van der Waals surface area contributed by atoms with Crippen LogP contribution in [0.1, 0.15) is 34.7 Å². The van der Waals surface area contributed by atoms with E-state index in [4.69, 9.17) is 15.2 Å². The number of nitrogens with zero attached hydrogens (tertiary/aromatic N) is 5. The molecule has 3 N–H and O–H groups in total. The smallest absolute Gasteiger partial charge is 0.288 e. The Morgan fingerprint density at radius 2 is 1.62 bits per heavy atom. The van der Waals surface area contributed by atoms with Crippen molar-refractivity contribution in [2.24, 2.45) is 0 Å². The van der Waals surface area contributed by atoms with Crippen molar-refractivity contribution in [1.82, 2.24) is 24.1 Å². The molecule has 1 amide bonds. The molecular formula is C34H31N7O4. The summed E-state index contributed by atoms with van der Waals surface area (Å²) in [6, 6.07) is 24.3. The zero-order chi connectivity index (χ0) is 31.7. The Hall–Kier alpha value is -5.97. The molecule has 0 fully saturated rings. The molecule has 226 valence electrons. The fourth-order valence-corrected chi connectivity index (χ4v) is 5.22. The Morgan fingerprint density at radius 3 is 2.33 bits per heavy atom. The van der Waals surface area contributed by atoms with Crippen LogP contribution in [0.3, 0.4) is 0 Å². The number of methoxy groups -OCH3 is 2. The number of carbonyl (C=O) groups is 1. The van der Waals surface area contributed by atoms with Gasteiger partial charge in [0.1, 0.15) is 17.2 Å². The van der Waals surface area contributed by atoms with Crippen LogP contribution in [0.15, 0.2) is 96.1 Å². The molecule has 6 rings (SSSR count). The highest BCUT2D eigenvalue weighted by molar-refractivity contribution is 6.04. The van der Waals surface area contributed by atoms with E-state index in [0.29, 0.717) is 34.6 Å². The van der Waals surface area contributed by atoms with Crippen molar-refractivity contribution >= 4 is 23.2 Å². The number of ether oxygens (including phenoxy) is 2. The van der Waals surface area contributed by atoms with E-state index in [0.717, 1.165) is 27.8 Å². The number of benzene rings is 3. The minimum Gasteiger partial charge on any atom is -0.493 e. The predicted molar refractivity (Wildman–Crippen MR) is 173 cm³/mol. The summed E-state index contributed by atoms with van der Waals surface area (Å²) in [5.41, 5.74) is 10.4. The lowest BCUT2D eigenvalue weighted by atomic mass is 10.0. The van der Waals surface area contributed by atoms with Crippen LogP contribution in [0.5, 0.6) is 11.5 Å². The number of fused-ring (bicyclic) bond motifs is 1. The van der Waals surface area contributed by atoms with E-state index in [1.54, 1.807) is 50.2 Å². The van der Waals surface area contributed by atoms with Crippen molar-refractivity contribution in [2.75, 3.05) is 25.3 Å². The molecule has 0 saturated carbocycles. The van der Waals surface area contributed by atoms with Gasteiger partial charge in [-0.15, -0.1) is 5.10 Å².